The summed E-state index contributed by atoms with van der Waals surface area (Å²) in [4.78, 5) is 0. The van der Waals surface area contributed by atoms with E-state index >= 15 is 0 Å². The van der Waals surface area contributed by atoms with E-state index in [-0.39, 0.29) is 5.69 Å². The average molecular weight is 349 g/mol. The molecule has 0 bridgehead atoms. The van der Waals surface area contributed by atoms with E-state index < -0.39 is 17.8 Å². The first-order valence-electron chi connectivity index (χ1n) is 5.76. The van der Waals surface area contributed by atoms with Crippen LogP contribution < -0.4 is 5.32 Å². The Morgan fingerprint density at radius 1 is 1.35 bits per heavy atom. The average Bonchev–Trinajstić information content (AvgIpc) is 2.76. The predicted molar refractivity (Wildman–Crippen MR) is 72.2 cm³/mol. The SMILES string of the molecule is CC(Nc1ccc(Br)cc1C(F)(F)F)c1nncn1C. The lowest BCUT2D eigenvalue weighted by molar-refractivity contribution is -0.137. The standard InChI is InChI=1S/C12H12BrF3N4/c1-7(11-19-17-6-20(11)2)18-10-4-3-8(13)5-9(10)12(14,15)16/h3-7,18H,1-2H3. The van der Waals surface area contributed by atoms with E-state index in [1.807, 2.05) is 0 Å². The third kappa shape index (κ3) is 3.12. The van der Waals surface area contributed by atoms with Gasteiger partial charge in [0.05, 0.1) is 11.6 Å². The Hall–Kier alpha value is -1.57. The van der Waals surface area contributed by atoms with E-state index in [1.54, 1.807) is 24.6 Å². The highest BCUT2D eigenvalue weighted by atomic mass is 79.9. The van der Waals surface area contributed by atoms with E-state index in [1.165, 1.54) is 12.4 Å². The largest absolute Gasteiger partial charge is 0.418 e. The number of halogens is 4. The molecule has 1 atom stereocenters. The highest BCUT2D eigenvalue weighted by Gasteiger charge is 2.34. The smallest absolute Gasteiger partial charge is 0.375 e. The molecule has 1 N–H and O–H groups in total. The minimum atomic E-state index is -4.42. The van der Waals surface area contributed by atoms with Crippen LogP contribution in [0, 0.1) is 0 Å². The lowest BCUT2D eigenvalue weighted by Crippen LogP contribution is -2.16. The summed E-state index contributed by atoms with van der Waals surface area (Å²) in [6, 6.07) is 3.59. The molecule has 0 saturated heterocycles. The molecule has 2 rings (SSSR count). The molecule has 1 aromatic heterocycles. The van der Waals surface area contributed by atoms with Crippen molar-refractivity contribution in [2.75, 3.05) is 5.32 Å². The fourth-order valence-electron chi connectivity index (χ4n) is 1.86. The van der Waals surface area contributed by atoms with Gasteiger partial charge in [-0.2, -0.15) is 13.2 Å². The van der Waals surface area contributed by atoms with Gasteiger partial charge in [0.15, 0.2) is 5.82 Å². The third-order valence-electron chi connectivity index (χ3n) is 2.79. The minimum Gasteiger partial charge on any atom is -0.375 e. The first kappa shape index (κ1) is 14.8. The first-order valence-corrected chi connectivity index (χ1v) is 6.55. The summed E-state index contributed by atoms with van der Waals surface area (Å²) >= 11 is 3.05. The molecule has 0 aliphatic rings. The zero-order chi connectivity index (χ0) is 14.9. The Balaban J connectivity index is 2.32. The van der Waals surface area contributed by atoms with Gasteiger partial charge in [0.2, 0.25) is 0 Å². The summed E-state index contributed by atoms with van der Waals surface area (Å²) in [5, 5.41) is 10.4. The lowest BCUT2D eigenvalue weighted by atomic mass is 10.1. The van der Waals surface area contributed by atoms with Crippen LogP contribution in [0.2, 0.25) is 0 Å². The molecule has 0 fully saturated rings. The van der Waals surface area contributed by atoms with Crippen LogP contribution in [-0.4, -0.2) is 14.8 Å². The molecule has 0 amide bonds. The van der Waals surface area contributed by atoms with Gasteiger partial charge in [-0.1, -0.05) is 15.9 Å². The molecule has 0 saturated carbocycles. The summed E-state index contributed by atoms with van der Waals surface area (Å²) in [5.41, 5.74) is -0.711. The van der Waals surface area contributed by atoms with E-state index in [2.05, 4.69) is 31.4 Å². The molecule has 108 valence electrons. The van der Waals surface area contributed by atoms with Crippen molar-refractivity contribution in [3.05, 3.63) is 40.4 Å². The van der Waals surface area contributed by atoms with Crippen molar-refractivity contribution < 1.29 is 13.2 Å². The zero-order valence-corrected chi connectivity index (χ0v) is 12.3. The zero-order valence-electron chi connectivity index (χ0n) is 10.7. The summed E-state index contributed by atoms with van der Waals surface area (Å²) < 4.78 is 41.1. The maximum atomic E-state index is 13.0. The maximum Gasteiger partial charge on any atom is 0.418 e. The maximum absolute atomic E-state index is 13.0. The van der Waals surface area contributed by atoms with Crippen molar-refractivity contribution in [1.82, 2.24) is 14.8 Å². The number of benzene rings is 1. The topological polar surface area (TPSA) is 42.7 Å². The van der Waals surface area contributed by atoms with Gasteiger partial charge in [-0.15, -0.1) is 10.2 Å². The number of anilines is 1. The van der Waals surface area contributed by atoms with Crippen molar-refractivity contribution >= 4 is 21.6 Å². The lowest BCUT2D eigenvalue weighted by Gasteiger charge is -2.19. The second-order valence-corrected chi connectivity index (χ2v) is 5.27. The van der Waals surface area contributed by atoms with Crippen LogP contribution in [0.15, 0.2) is 29.0 Å². The number of nitrogens with one attached hydrogen (secondary N) is 1. The van der Waals surface area contributed by atoms with Gasteiger partial charge < -0.3 is 9.88 Å². The first-order chi connectivity index (χ1) is 9.29. The molecular formula is C12H12BrF3N4. The fourth-order valence-corrected chi connectivity index (χ4v) is 2.22. The minimum absolute atomic E-state index is 0.0104. The van der Waals surface area contributed by atoms with Crippen LogP contribution in [0.4, 0.5) is 18.9 Å². The Kier molecular flexibility index (Phi) is 4.03. The molecule has 20 heavy (non-hydrogen) atoms. The van der Waals surface area contributed by atoms with Crippen LogP contribution in [0.1, 0.15) is 24.4 Å². The molecule has 2 aromatic rings. The Morgan fingerprint density at radius 2 is 2.05 bits per heavy atom. The summed E-state index contributed by atoms with van der Waals surface area (Å²) in [6.45, 7) is 1.73. The van der Waals surface area contributed by atoms with Crippen LogP contribution in [0.25, 0.3) is 0 Å². The van der Waals surface area contributed by atoms with Gasteiger partial charge >= 0.3 is 6.18 Å². The molecular weight excluding hydrogens is 337 g/mol. The molecule has 1 unspecified atom stereocenters. The van der Waals surface area contributed by atoms with Gasteiger partial charge in [-0.05, 0) is 25.1 Å². The summed E-state index contributed by atoms with van der Waals surface area (Å²) in [7, 11) is 1.74. The number of alkyl halides is 3. The Labute approximate surface area is 122 Å². The molecule has 1 aromatic carbocycles. The quantitative estimate of drug-likeness (QED) is 0.917. The molecule has 4 nitrogen and oxygen atoms in total. The second-order valence-electron chi connectivity index (χ2n) is 4.35. The fraction of sp³-hybridized carbons (Fsp3) is 0.333. The van der Waals surface area contributed by atoms with Crippen LogP contribution >= 0.6 is 15.9 Å². The van der Waals surface area contributed by atoms with Crippen molar-refractivity contribution in [3.63, 3.8) is 0 Å². The summed E-state index contributed by atoms with van der Waals surface area (Å²) in [5.74, 6) is 0.557. The molecule has 0 radical (unpaired) electrons. The van der Waals surface area contributed by atoms with E-state index in [0.29, 0.717) is 10.3 Å². The van der Waals surface area contributed by atoms with E-state index in [4.69, 9.17) is 0 Å². The van der Waals surface area contributed by atoms with Crippen molar-refractivity contribution in [3.8, 4) is 0 Å². The second kappa shape index (κ2) is 5.43. The van der Waals surface area contributed by atoms with Crippen LogP contribution in [0.5, 0.6) is 0 Å². The molecule has 1 heterocycles. The highest BCUT2D eigenvalue weighted by Crippen LogP contribution is 2.37. The highest BCUT2D eigenvalue weighted by molar-refractivity contribution is 9.10. The van der Waals surface area contributed by atoms with Crippen LogP contribution in [-0.2, 0) is 13.2 Å². The van der Waals surface area contributed by atoms with E-state index in [9.17, 15) is 13.2 Å². The van der Waals surface area contributed by atoms with Gasteiger partial charge in [0.25, 0.3) is 0 Å². The van der Waals surface area contributed by atoms with E-state index in [0.717, 1.165) is 6.07 Å². The molecule has 0 aliphatic carbocycles. The number of nitrogens with zero attached hydrogens (tertiary/aromatic N) is 3. The third-order valence-corrected chi connectivity index (χ3v) is 3.29. The normalized spacial score (nSPS) is 13.3. The predicted octanol–water partition coefficient (Wildman–Crippen LogP) is 3.77. The van der Waals surface area contributed by atoms with Gasteiger partial charge in [0, 0.05) is 17.2 Å². The van der Waals surface area contributed by atoms with Crippen molar-refractivity contribution in [2.45, 2.75) is 19.1 Å². The molecule has 0 aliphatic heterocycles. The number of hydrogen-bond acceptors (Lipinski definition) is 3. The van der Waals surface area contributed by atoms with Gasteiger partial charge in [-0.3, -0.25) is 0 Å². The molecule has 0 spiro atoms. The van der Waals surface area contributed by atoms with Gasteiger partial charge in [-0.25, -0.2) is 0 Å². The number of aryl methyl sites for hydroxylation is 1. The van der Waals surface area contributed by atoms with Gasteiger partial charge in [0.1, 0.15) is 6.33 Å². The Bertz CT molecular complexity index is 609. The Morgan fingerprint density at radius 3 is 2.60 bits per heavy atom. The number of hydrogen-bond donors (Lipinski definition) is 1. The monoisotopic (exact) mass is 348 g/mol. The van der Waals surface area contributed by atoms with Crippen molar-refractivity contribution in [2.24, 2.45) is 7.05 Å². The van der Waals surface area contributed by atoms with Crippen LogP contribution in [0.3, 0.4) is 0 Å². The molecule has 8 heteroatoms. The summed E-state index contributed by atoms with van der Waals surface area (Å²) in [6.07, 6.45) is -2.93. The number of rotatable bonds is 3. The van der Waals surface area contributed by atoms with Crippen molar-refractivity contribution in [1.29, 1.82) is 0 Å². The number of aromatic nitrogens is 3.